The Labute approximate surface area is 133 Å². The molecule has 1 atom stereocenters. The maximum absolute atomic E-state index is 12.6. The Morgan fingerprint density at radius 2 is 1.83 bits per heavy atom. The molecular formula is C18H18F3NO. The summed E-state index contributed by atoms with van der Waals surface area (Å²) in [4.78, 5) is 1.85. The van der Waals surface area contributed by atoms with E-state index in [1.165, 1.54) is 17.7 Å². The predicted octanol–water partition coefficient (Wildman–Crippen LogP) is 4.29. The first kappa shape index (κ1) is 15.9. The van der Waals surface area contributed by atoms with Gasteiger partial charge in [0.15, 0.2) is 0 Å². The molecule has 1 N–H and O–H groups in total. The molecule has 0 aromatic heterocycles. The van der Waals surface area contributed by atoms with Crippen molar-refractivity contribution < 1.29 is 18.3 Å². The monoisotopic (exact) mass is 321 g/mol. The molecular weight excluding hydrogens is 303 g/mol. The van der Waals surface area contributed by atoms with Gasteiger partial charge in [-0.25, -0.2) is 0 Å². The first-order valence-electron chi connectivity index (χ1n) is 7.55. The molecule has 0 saturated heterocycles. The molecule has 0 bridgehead atoms. The van der Waals surface area contributed by atoms with Crippen LogP contribution in [0.1, 0.15) is 28.7 Å². The van der Waals surface area contributed by atoms with Gasteiger partial charge >= 0.3 is 6.18 Å². The number of aryl methyl sites for hydroxylation is 2. The maximum Gasteiger partial charge on any atom is 0.416 e. The average molecular weight is 321 g/mol. The number of fused-ring (bicyclic) bond motifs is 1. The molecule has 5 heteroatoms. The van der Waals surface area contributed by atoms with Crippen LogP contribution in [-0.4, -0.2) is 11.3 Å². The zero-order valence-electron chi connectivity index (χ0n) is 12.8. The molecule has 2 aromatic carbocycles. The van der Waals surface area contributed by atoms with E-state index in [9.17, 15) is 18.3 Å². The minimum Gasteiger partial charge on any atom is -0.374 e. The van der Waals surface area contributed by atoms with Crippen LogP contribution in [0.2, 0.25) is 0 Å². The van der Waals surface area contributed by atoms with E-state index in [4.69, 9.17) is 0 Å². The van der Waals surface area contributed by atoms with Crippen LogP contribution in [0.4, 0.5) is 18.9 Å². The van der Waals surface area contributed by atoms with E-state index in [1.807, 2.05) is 24.0 Å². The smallest absolute Gasteiger partial charge is 0.374 e. The van der Waals surface area contributed by atoms with Gasteiger partial charge in [-0.05, 0) is 49.1 Å². The second kappa shape index (κ2) is 5.89. The fraction of sp³-hybridized carbons (Fsp3) is 0.333. The number of aliphatic hydroxyl groups is 1. The number of hydrogen-bond donors (Lipinski definition) is 1. The molecule has 0 amide bonds. The van der Waals surface area contributed by atoms with Crippen molar-refractivity contribution in [2.45, 2.75) is 38.7 Å². The number of nitrogens with zero attached hydrogens (tertiary/aromatic N) is 1. The van der Waals surface area contributed by atoms with Crippen molar-refractivity contribution in [1.29, 1.82) is 0 Å². The van der Waals surface area contributed by atoms with Crippen molar-refractivity contribution >= 4 is 5.69 Å². The Morgan fingerprint density at radius 3 is 2.48 bits per heavy atom. The number of aliphatic hydroxyl groups excluding tert-OH is 1. The van der Waals surface area contributed by atoms with Gasteiger partial charge in [0.2, 0.25) is 0 Å². The number of anilines is 1. The van der Waals surface area contributed by atoms with Crippen molar-refractivity contribution in [3.63, 3.8) is 0 Å². The third kappa shape index (κ3) is 3.34. The lowest BCUT2D eigenvalue weighted by molar-refractivity contribution is -0.137. The van der Waals surface area contributed by atoms with Gasteiger partial charge < -0.3 is 10.0 Å². The number of rotatable bonds is 2. The zero-order chi connectivity index (χ0) is 16.6. The molecule has 0 radical (unpaired) electrons. The molecule has 0 aliphatic carbocycles. The van der Waals surface area contributed by atoms with Crippen molar-refractivity contribution in [2.75, 3.05) is 4.90 Å². The summed E-state index contributed by atoms with van der Waals surface area (Å²) in [5.74, 6) is 0. The highest BCUT2D eigenvalue weighted by Crippen LogP contribution is 2.33. The van der Waals surface area contributed by atoms with E-state index in [-0.39, 0.29) is 0 Å². The molecule has 0 saturated carbocycles. The molecule has 1 unspecified atom stereocenters. The molecule has 2 nitrogen and oxygen atoms in total. The normalized spacial score (nSPS) is 18.0. The molecule has 0 spiro atoms. The van der Waals surface area contributed by atoms with Crippen molar-refractivity contribution in [2.24, 2.45) is 0 Å². The zero-order valence-corrected chi connectivity index (χ0v) is 12.8. The van der Waals surface area contributed by atoms with Gasteiger partial charge in [0.1, 0.15) is 6.23 Å². The van der Waals surface area contributed by atoms with Gasteiger partial charge in [-0.15, -0.1) is 0 Å². The topological polar surface area (TPSA) is 23.5 Å². The van der Waals surface area contributed by atoms with Gasteiger partial charge in [-0.3, -0.25) is 0 Å². The van der Waals surface area contributed by atoms with Crippen LogP contribution in [0.25, 0.3) is 0 Å². The molecule has 23 heavy (non-hydrogen) atoms. The average Bonchev–Trinajstić information content (AvgIpc) is 2.50. The summed E-state index contributed by atoms with van der Waals surface area (Å²) in [6, 6.07) is 11.2. The van der Waals surface area contributed by atoms with E-state index >= 15 is 0 Å². The van der Waals surface area contributed by atoms with E-state index in [1.54, 1.807) is 0 Å². The van der Waals surface area contributed by atoms with E-state index in [0.717, 1.165) is 35.4 Å². The molecule has 2 aromatic rings. The number of alkyl halides is 3. The standard InChI is InChI=1S/C18H18F3NO/c1-12-2-8-16-14(10-12)5-9-17(23)22(16)11-13-3-6-15(7-4-13)18(19,20)21/h2-4,6-8,10,17,23H,5,9,11H2,1H3. The van der Waals surface area contributed by atoms with Crippen molar-refractivity contribution in [1.82, 2.24) is 0 Å². The van der Waals surface area contributed by atoms with Crippen LogP contribution in [0.15, 0.2) is 42.5 Å². The fourth-order valence-electron chi connectivity index (χ4n) is 2.98. The summed E-state index contributed by atoms with van der Waals surface area (Å²) in [5.41, 5.74) is 3.37. The predicted molar refractivity (Wildman–Crippen MR) is 83.1 cm³/mol. The summed E-state index contributed by atoms with van der Waals surface area (Å²) in [6.07, 6.45) is -3.51. The van der Waals surface area contributed by atoms with Crippen LogP contribution in [0.5, 0.6) is 0 Å². The minimum absolute atomic E-state index is 0.384. The summed E-state index contributed by atoms with van der Waals surface area (Å²) < 4.78 is 37.9. The van der Waals surface area contributed by atoms with Crippen LogP contribution in [-0.2, 0) is 19.1 Å². The SMILES string of the molecule is Cc1ccc2c(c1)CCC(O)N2Cc1ccc(C(F)(F)F)cc1. The first-order chi connectivity index (χ1) is 10.8. The van der Waals surface area contributed by atoms with Gasteiger partial charge in [0, 0.05) is 12.2 Å². The van der Waals surface area contributed by atoms with Gasteiger partial charge in [0.25, 0.3) is 0 Å². The Bertz CT molecular complexity index is 694. The highest BCUT2D eigenvalue weighted by Gasteiger charge is 2.30. The summed E-state index contributed by atoms with van der Waals surface area (Å²) in [6.45, 7) is 2.40. The summed E-state index contributed by atoms with van der Waals surface area (Å²) in [5, 5.41) is 10.3. The van der Waals surface area contributed by atoms with Crippen LogP contribution in [0.3, 0.4) is 0 Å². The molecule has 122 valence electrons. The van der Waals surface area contributed by atoms with E-state index in [2.05, 4.69) is 6.07 Å². The van der Waals surface area contributed by atoms with Gasteiger partial charge in [-0.2, -0.15) is 13.2 Å². The Balaban J connectivity index is 1.85. The van der Waals surface area contributed by atoms with Crippen LogP contribution < -0.4 is 4.90 Å². The quantitative estimate of drug-likeness (QED) is 0.892. The molecule has 1 aliphatic heterocycles. The maximum atomic E-state index is 12.6. The third-order valence-corrected chi connectivity index (χ3v) is 4.21. The third-order valence-electron chi connectivity index (χ3n) is 4.21. The van der Waals surface area contributed by atoms with Crippen molar-refractivity contribution in [3.05, 3.63) is 64.7 Å². The molecule has 0 fully saturated rings. The number of halogens is 3. The van der Waals surface area contributed by atoms with E-state index in [0.29, 0.717) is 13.0 Å². The summed E-state index contributed by atoms with van der Waals surface area (Å²) >= 11 is 0. The molecule has 3 rings (SSSR count). The van der Waals surface area contributed by atoms with Gasteiger partial charge in [0.05, 0.1) is 5.56 Å². The molecule has 1 aliphatic rings. The lowest BCUT2D eigenvalue weighted by Crippen LogP contribution is -2.38. The Morgan fingerprint density at radius 1 is 1.13 bits per heavy atom. The fourth-order valence-corrected chi connectivity index (χ4v) is 2.98. The van der Waals surface area contributed by atoms with Crippen LogP contribution >= 0.6 is 0 Å². The number of benzene rings is 2. The highest BCUT2D eigenvalue weighted by molar-refractivity contribution is 5.57. The highest BCUT2D eigenvalue weighted by atomic mass is 19.4. The largest absolute Gasteiger partial charge is 0.416 e. The lowest BCUT2D eigenvalue weighted by atomic mass is 9.98. The molecule has 1 heterocycles. The second-order valence-electron chi connectivity index (χ2n) is 5.97. The Hall–Kier alpha value is -2.01. The lowest BCUT2D eigenvalue weighted by Gasteiger charge is -2.36. The summed E-state index contributed by atoms with van der Waals surface area (Å²) in [7, 11) is 0. The van der Waals surface area contributed by atoms with Crippen molar-refractivity contribution in [3.8, 4) is 0 Å². The Kier molecular flexibility index (Phi) is 4.06. The van der Waals surface area contributed by atoms with E-state index < -0.39 is 18.0 Å². The van der Waals surface area contributed by atoms with Gasteiger partial charge in [-0.1, -0.05) is 29.8 Å². The number of hydrogen-bond acceptors (Lipinski definition) is 2. The second-order valence-corrected chi connectivity index (χ2v) is 5.97. The van der Waals surface area contributed by atoms with Crippen LogP contribution in [0, 0.1) is 6.92 Å². The minimum atomic E-state index is -4.33. The first-order valence-corrected chi connectivity index (χ1v) is 7.55.